The van der Waals surface area contributed by atoms with Gasteiger partial charge in [-0.15, -0.1) is 0 Å². The minimum Gasteiger partial charge on any atom is -0.399 e. The second-order valence-corrected chi connectivity index (χ2v) is 5.92. The van der Waals surface area contributed by atoms with Crippen LogP contribution in [0.25, 0.3) is 0 Å². The van der Waals surface area contributed by atoms with Gasteiger partial charge in [-0.25, -0.2) is 0 Å². The van der Waals surface area contributed by atoms with Gasteiger partial charge in [-0.1, -0.05) is 24.3 Å². The summed E-state index contributed by atoms with van der Waals surface area (Å²) in [7, 11) is 0. The van der Waals surface area contributed by atoms with Crippen LogP contribution in [0.1, 0.15) is 36.8 Å². The van der Waals surface area contributed by atoms with Crippen LogP contribution in [-0.4, -0.2) is 13.1 Å². The molecule has 1 unspecified atom stereocenters. The summed E-state index contributed by atoms with van der Waals surface area (Å²) < 4.78 is 0. The highest BCUT2D eigenvalue weighted by atomic mass is 15.1. The summed E-state index contributed by atoms with van der Waals surface area (Å²) in [6.45, 7) is 4.35. The zero-order valence-electron chi connectivity index (χ0n) is 12.8. The van der Waals surface area contributed by atoms with E-state index in [4.69, 9.17) is 5.73 Å². The molecule has 0 aromatic heterocycles. The first-order valence-corrected chi connectivity index (χ1v) is 7.96. The first-order chi connectivity index (χ1) is 10.3. The molecule has 0 aliphatic heterocycles. The van der Waals surface area contributed by atoms with Gasteiger partial charge in [-0.3, -0.25) is 0 Å². The quantitative estimate of drug-likeness (QED) is 0.850. The topological polar surface area (TPSA) is 29.3 Å². The molecule has 1 atom stereocenters. The van der Waals surface area contributed by atoms with Crippen LogP contribution in [0.4, 0.5) is 11.4 Å². The maximum atomic E-state index is 5.80. The molecule has 0 bridgehead atoms. The number of hydrogen-bond acceptors (Lipinski definition) is 2. The Morgan fingerprint density at radius 3 is 2.62 bits per heavy atom. The number of benzene rings is 2. The van der Waals surface area contributed by atoms with Crippen LogP contribution in [0, 0.1) is 0 Å². The predicted octanol–water partition coefficient (Wildman–Crippen LogP) is 4.22. The van der Waals surface area contributed by atoms with Crippen molar-refractivity contribution in [2.45, 2.75) is 32.1 Å². The maximum absolute atomic E-state index is 5.80. The van der Waals surface area contributed by atoms with E-state index in [2.05, 4.69) is 48.2 Å². The summed E-state index contributed by atoms with van der Waals surface area (Å²) in [5.41, 5.74) is 11.0. The number of nitrogens with zero attached hydrogens (tertiary/aromatic N) is 1. The van der Waals surface area contributed by atoms with Gasteiger partial charge in [0.2, 0.25) is 0 Å². The fourth-order valence-corrected chi connectivity index (χ4v) is 3.41. The molecule has 21 heavy (non-hydrogen) atoms. The Kier molecular flexibility index (Phi) is 4.14. The molecule has 0 heterocycles. The highest BCUT2D eigenvalue weighted by molar-refractivity contribution is 5.53. The highest BCUT2D eigenvalue weighted by Crippen LogP contribution is 2.33. The average molecular weight is 280 g/mol. The predicted molar refractivity (Wildman–Crippen MR) is 90.9 cm³/mol. The molecule has 2 heteroatoms. The van der Waals surface area contributed by atoms with Gasteiger partial charge in [-0.2, -0.15) is 0 Å². The summed E-state index contributed by atoms with van der Waals surface area (Å²) in [4.78, 5) is 2.46. The molecule has 0 saturated carbocycles. The second kappa shape index (κ2) is 6.21. The van der Waals surface area contributed by atoms with E-state index in [1.54, 1.807) is 11.1 Å². The van der Waals surface area contributed by atoms with E-state index < -0.39 is 0 Å². The molecule has 2 aromatic carbocycles. The van der Waals surface area contributed by atoms with E-state index in [0.717, 1.165) is 18.8 Å². The molecular formula is C19H24N2. The molecule has 0 fully saturated rings. The Morgan fingerprint density at radius 1 is 1.10 bits per heavy atom. The Labute approximate surface area is 127 Å². The minimum atomic E-state index is 0.646. The van der Waals surface area contributed by atoms with Crippen LogP contribution in [-0.2, 0) is 6.42 Å². The Morgan fingerprint density at radius 2 is 1.86 bits per heavy atom. The molecule has 0 spiro atoms. The van der Waals surface area contributed by atoms with Crippen LogP contribution < -0.4 is 10.6 Å². The van der Waals surface area contributed by atoms with Gasteiger partial charge in [0.1, 0.15) is 0 Å². The van der Waals surface area contributed by atoms with Gasteiger partial charge in [0.15, 0.2) is 0 Å². The zero-order chi connectivity index (χ0) is 14.7. The van der Waals surface area contributed by atoms with Crippen molar-refractivity contribution >= 4 is 11.4 Å². The highest BCUT2D eigenvalue weighted by Gasteiger charge is 2.21. The number of anilines is 2. The van der Waals surface area contributed by atoms with E-state index >= 15 is 0 Å². The molecule has 1 aliphatic carbocycles. The monoisotopic (exact) mass is 280 g/mol. The second-order valence-electron chi connectivity index (χ2n) is 5.92. The third-order valence-electron chi connectivity index (χ3n) is 4.57. The SMILES string of the molecule is CCN(CC1CCCc2ccccc21)c1ccc(N)cc1. The molecule has 2 aromatic rings. The lowest BCUT2D eigenvalue weighted by molar-refractivity contribution is 0.543. The van der Waals surface area contributed by atoms with Gasteiger partial charge in [-0.05, 0) is 61.6 Å². The summed E-state index contributed by atoms with van der Waals surface area (Å²) in [6.07, 6.45) is 3.84. The standard InChI is InChI=1S/C19H24N2/c1-2-21(18-12-10-17(20)11-13-18)14-16-8-5-7-15-6-3-4-9-19(15)16/h3-4,6,9-13,16H,2,5,7-8,14,20H2,1H3. The Balaban J connectivity index is 1.80. The van der Waals surface area contributed by atoms with Crippen molar-refractivity contribution in [3.8, 4) is 0 Å². The fourth-order valence-electron chi connectivity index (χ4n) is 3.41. The molecule has 2 N–H and O–H groups in total. The number of rotatable bonds is 4. The molecule has 2 nitrogen and oxygen atoms in total. The van der Waals surface area contributed by atoms with Crippen molar-refractivity contribution in [3.05, 3.63) is 59.7 Å². The molecule has 0 radical (unpaired) electrons. The van der Waals surface area contributed by atoms with Gasteiger partial charge >= 0.3 is 0 Å². The molecular weight excluding hydrogens is 256 g/mol. The summed E-state index contributed by atoms with van der Waals surface area (Å²) >= 11 is 0. The van der Waals surface area contributed by atoms with Crippen LogP contribution in [0.5, 0.6) is 0 Å². The summed E-state index contributed by atoms with van der Waals surface area (Å²) in [6, 6.07) is 17.2. The maximum Gasteiger partial charge on any atom is 0.0367 e. The number of nitrogens with two attached hydrogens (primary N) is 1. The number of aryl methyl sites for hydroxylation is 1. The lowest BCUT2D eigenvalue weighted by Crippen LogP contribution is -2.30. The minimum absolute atomic E-state index is 0.646. The number of nitrogen functional groups attached to an aromatic ring is 1. The zero-order valence-corrected chi connectivity index (χ0v) is 12.8. The normalized spacial score (nSPS) is 17.3. The van der Waals surface area contributed by atoms with E-state index in [0.29, 0.717) is 5.92 Å². The van der Waals surface area contributed by atoms with Crippen molar-refractivity contribution in [3.63, 3.8) is 0 Å². The lowest BCUT2D eigenvalue weighted by atomic mass is 9.82. The van der Waals surface area contributed by atoms with Gasteiger partial charge in [0.05, 0.1) is 0 Å². The van der Waals surface area contributed by atoms with Crippen LogP contribution in [0.2, 0.25) is 0 Å². The number of hydrogen-bond donors (Lipinski definition) is 1. The first-order valence-electron chi connectivity index (χ1n) is 7.96. The number of fused-ring (bicyclic) bond motifs is 1. The third kappa shape index (κ3) is 3.05. The smallest absolute Gasteiger partial charge is 0.0367 e. The van der Waals surface area contributed by atoms with Gasteiger partial charge < -0.3 is 10.6 Å². The van der Waals surface area contributed by atoms with Crippen LogP contribution in [0.3, 0.4) is 0 Å². The van der Waals surface area contributed by atoms with Crippen molar-refractivity contribution in [2.24, 2.45) is 0 Å². The third-order valence-corrected chi connectivity index (χ3v) is 4.57. The van der Waals surface area contributed by atoms with Crippen molar-refractivity contribution in [1.82, 2.24) is 0 Å². The molecule has 0 saturated heterocycles. The van der Waals surface area contributed by atoms with E-state index in [-0.39, 0.29) is 0 Å². The van der Waals surface area contributed by atoms with Gasteiger partial charge in [0.25, 0.3) is 0 Å². The Hall–Kier alpha value is -1.96. The average Bonchev–Trinajstić information content (AvgIpc) is 2.54. The molecule has 0 amide bonds. The lowest BCUT2D eigenvalue weighted by Gasteiger charge is -2.32. The molecule has 110 valence electrons. The summed E-state index contributed by atoms with van der Waals surface area (Å²) in [5, 5.41) is 0. The van der Waals surface area contributed by atoms with Crippen molar-refractivity contribution in [2.75, 3.05) is 23.7 Å². The van der Waals surface area contributed by atoms with Crippen molar-refractivity contribution < 1.29 is 0 Å². The fraction of sp³-hybridized carbons (Fsp3) is 0.368. The van der Waals surface area contributed by atoms with Crippen LogP contribution >= 0.6 is 0 Å². The molecule has 3 rings (SSSR count). The van der Waals surface area contributed by atoms with E-state index in [1.165, 1.54) is 24.9 Å². The number of likely N-dealkylation sites (N-methyl/N-ethyl adjacent to an activating group) is 1. The van der Waals surface area contributed by atoms with E-state index in [1.807, 2.05) is 12.1 Å². The van der Waals surface area contributed by atoms with Crippen LogP contribution in [0.15, 0.2) is 48.5 Å². The van der Waals surface area contributed by atoms with Gasteiger partial charge in [0, 0.05) is 30.4 Å². The Bertz CT molecular complexity index is 589. The first kappa shape index (κ1) is 14.0. The largest absolute Gasteiger partial charge is 0.399 e. The van der Waals surface area contributed by atoms with Crippen molar-refractivity contribution in [1.29, 1.82) is 0 Å². The molecule has 1 aliphatic rings. The summed E-state index contributed by atoms with van der Waals surface area (Å²) in [5.74, 6) is 0.646. The van der Waals surface area contributed by atoms with E-state index in [9.17, 15) is 0 Å².